The summed E-state index contributed by atoms with van der Waals surface area (Å²) < 4.78 is 0.812. The molecule has 0 aliphatic carbocycles. The Labute approximate surface area is 104 Å². The Bertz CT molecular complexity index is 366. The molecule has 16 heavy (non-hydrogen) atoms. The molecule has 0 spiro atoms. The van der Waals surface area contributed by atoms with E-state index in [1.54, 1.807) is 6.07 Å². The Balaban J connectivity index is 2.53. The maximum Gasteiger partial charge on any atom is 0.252 e. The van der Waals surface area contributed by atoms with Crippen molar-refractivity contribution in [2.75, 3.05) is 13.2 Å². The lowest BCUT2D eigenvalue weighted by atomic mass is 10.1. The molecule has 0 atom stereocenters. The van der Waals surface area contributed by atoms with Crippen LogP contribution >= 0.6 is 15.9 Å². The molecule has 4 heteroatoms. The highest BCUT2D eigenvalue weighted by molar-refractivity contribution is 9.10. The van der Waals surface area contributed by atoms with E-state index >= 15 is 0 Å². The SMILES string of the molecule is Cc1ccc(C(=O)NCCCCO)c(Br)c1. The number of hydrogen-bond acceptors (Lipinski definition) is 2. The lowest BCUT2D eigenvalue weighted by Crippen LogP contribution is -2.24. The first kappa shape index (κ1) is 13.2. The highest BCUT2D eigenvalue weighted by atomic mass is 79.9. The first-order valence-corrected chi connectivity index (χ1v) is 6.09. The normalized spacial score (nSPS) is 10.2. The second-order valence-electron chi connectivity index (χ2n) is 3.67. The van der Waals surface area contributed by atoms with Crippen LogP contribution in [0.2, 0.25) is 0 Å². The Morgan fingerprint density at radius 1 is 1.44 bits per heavy atom. The molecule has 3 nitrogen and oxygen atoms in total. The number of carbonyl (C=O) groups excluding carboxylic acids is 1. The first-order valence-electron chi connectivity index (χ1n) is 5.30. The molecule has 0 radical (unpaired) electrons. The number of nitrogens with one attached hydrogen (secondary N) is 1. The molecule has 1 aromatic rings. The molecule has 0 bridgehead atoms. The molecule has 0 aromatic heterocycles. The van der Waals surface area contributed by atoms with Crippen LogP contribution in [0.15, 0.2) is 22.7 Å². The van der Waals surface area contributed by atoms with Crippen LogP contribution in [-0.4, -0.2) is 24.2 Å². The van der Waals surface area contributed by atoms with Gasteiger partial charge in [0.15, 0.2) is 0 Å². The maximum absolute atomic E-state index is 11.7. The molecule has 0 aliphatic heterocycles. The van der Waals surface area contributed by atoms with Crippen molar-refractivity contribution in [1.29, 1.82) is 0 Å². The van der Waals surface area contributed by atoms with Gasteiger partial charge in [0.05, 0.1) is 5.56 Å². The number of halogens is 1. The molecular formula is C12H16BrNO2. The van der Waals surface area contributed by atoms with Gasteiger partial charge in [-0.05, 0) is 53.4 Å². The summed E-state index contributed by atoms with van der Waals surface area (Å²) in [6, 6.07) is 5.64. The van der Waals surface area contributed by atoms with E-state index in [0.717, 1.165) is 22.9 Å². The standard InChI is InChI=1S/C12H16BrNO2/c1-9-4-5-10(11(13)8-9)12(16)14-6-2-3-7-15/h4-5,8,15H,2-3,6-7H2,1H3,(H,14,16). The molecule has 1 amide bonds. The number of aliphatic hydroxyl groups excluding tert-OH is 1. The minimum Gasteiger partial charge on any atom is -0.396 e. The number of carbonyl (C=O) groups is 1. The summed E-state index contributed by atoms with van der Waals surface area (Å²) >= 11 is 3.37. The lowest BCUT2D eigenvalue weighted by Gasteiger charge is -2.07. The summed E-state index contributed by atoms with van der Waals surface area (Å²) in [6.45, 7) is 2.75. The molecule has 0 unspecified atom stereocenters. The largest absolute Gasteiger partial charge is 0.396 e. The predicted molar refractivity (Wildman–Crippen MR) is 67.5 cm³/mol. The van der Waals surface area contributed by atoms with Crippen molar-refractivity contribution < 1.29 is 9.90 Å². The molecule has 1 aromatic carbocycles. The smallest absolute Gasteiger partial charge is 0.252 e. The van der Waals surface area contributed by atoms with Gasteiger partial charge in [-0.1, -0.05) is 6.07 Å². The van der Waals surface area contributed by atoms with E-state index in [1.807, 2.05) is 19.1 Å². The molecule has 0 saturated heterocycles. The van der Waals surface area contributed by atoms with Crippen LogP contribution in [0.3, 0.4) is 0 Å². The third-order valence-corrected chi connectivity index (χ3v) is 2.90. The minimum absolute atomic E-state index is 0.0789. The highest BCUT2D eigenvalue weighted by Crippen LogP contribution is 2.18. The summed E-state index contributed by atoms with van der Waals surface area (Å²) in [4.78, 5) is 11.7. The van der Waals surface area contributed by atoms with Crippen molar-refractivity contribution in [1.82, 2.24) is 5.32 Å². The van der Waals surface area contributed by atoms with E-state index in [4.69, 9.17) is 5.11 Å². The van der Waals surface area contributed by atoms with Crippen molar-refractivity contribution in [3.8, 4) is 0 Å². The predicted octanol–water partition coefficient (Wildman–Crippen LogP) is 2.26. The third kappa shape index (κ3) is 3.94. The Morgan fingerprint density at radius 3 is 2.81 bits per heavy atom. The van der Waals surface area contributed by atoms with Crippen LogP contribution in [-0.2, 0) is 0 Å². The average Bonchev–Trinajstić information content (AvgIpc) is 2.24. The fraction of sp³-hybridized carbons (Fsp3) is 0.417. The van der Waals surface area contributed by atoms with Crippen LogP contribution in [0, 0.1) is 6.92 Å². The van der Waals surface area contributed by atoms with Gasteiger partial charge in [0.25, 0.3) is 5.91 Å². The van der Waals surface area contributed by atoms with Gasteiger partial charge in [0.2, 0.25) is 0 Å². The topological polar surface area (TPSA) is 49.3 Å². The summed E-state index contributed by atoms with van der Waals surface area (Å²) in [7, 11) is 0. The van der Waals surface area contributed by atoms with Crippen molar-refractivity contribution in [2.24, 2.45) is 0 Å². The maximum atomic E-state index is 11.7. The van der Waals surface area contributed by atoms with Crippen molar-refractivity contribution in [2.45, 2.75) is 19.8 Å². The fourth-order valence-electron chi connectivity index (χ4n) is 1.34. The molecule has 0 fully saturated rings. The van der Waals surface area contributed by atoms with Crippen LogP contribution in [0.4, 0.5) is 0 Å². The van der Waals surface area contributed by atoms with Gasteiger partial charge < -0.3 is 10.4 Å². The van der Waals surface area contributed by atoms with Crippen molar-refractivity contribution in [3.05, 3.63) is 33.8 Å². The number of aliphatic hydroxyl groups is 1. The summed E-state index contributed by atoms with van der Waals surface area (Å²) in [5.41, 5.74) is 1.76. The number of unbranched alkanes of at least 4 members (excludes halogenated alkanes) is 1. The number of benzene rings is 1. The Kier molecular flexibility index (Phi) is 5.49. The molecule has 88 valence electrons. The fourth-order valence-corrected chi connectivity index (χ4v) is 2.01. The minimum atomic E-state index is -0.0789. The van der Waals surface area contributed by atoms with Gasteiger partial charge in [-0.25, -0.2) is 0 Å². The van der Waals surface area contributed by atoms with Gasteiger partial charge >= 0.3 is 0 Å². The van der Waals surface area contributed by atoms with Gasteiger partial charge in [0, 0.05) is 17.6 Å². The van der Waals surface area contributed by atoms with Gasteiger partial charge in [-0.3, -0.25) is 4.79 Å². The number of aryl methyl sites for hydroxylation is 1. The van der Waals surface area contributed by atoms with Crippen LogP contribution < -0.4 is 5.32 Å². The summed E-state index contributed by atoms with van der Waals surface area (Å²) in [6.07, 6.45) is 1.51. The average molecular weight is 286 g/mol. The molecule has 1 rings (SSSR count). The molecular weight excluding hydrogens is 270 g/mol. The Morgan fingerprint density at radius 2 is 2.19 bits per heavy atom. The zero-order valence-electron chi connectivity index (χ0n) is 9.29. The van der Waals surface area contributed by atoms with Crippen molar-refractivity contribution >= 4 is 21.8 Å². The van der Waals surface area contributed by atoms with E-state index < -0.39 is 0 Å². The Hall–Kier alpha value is -0.870. The van der Waals surface area contributed by atoms with Crippen molar-refractivity contribution in [3.63, 3.8) is 0 Å². The molecule has 0 heterocycles. The summed E-state index contributed by atoms with van der Waals surface area (Å²) in [5.74, 6) is -0.0789. The molecule has 0 aliphatic rings. The van der Waals surface area contributed by atoms with E-state index in [9.17, 15) is 4.79 Å². The van der Waals surface area contributed by atoms with E-state index in [0.29, 0.717) is 12.1 Å². The second-order valence-corrected chi connectivity index (χ2v) is 4.52. The quantitative estimate of drug-likeness (QED) is 0.816. The number of hydrogen-bond donors (Lipinski definition) is 2. The lowest BCUT2D eigenvalue weighted by molar-refractivity contribution is 0.0951. The van der Waals surface area contributed by atoms with Gasteiger partial charge in [-0.2, -0.15) is 0 Å². The second kappa shape index (κ2) is 6.66. The highest BCUT2D eigenvalue weighted by Gasteiger charge is 2.08. The molecule has 0 saturated carbocycles. The monoisotopic (exact) mass is 285 g/mol. The molecule has 2 N–H and O–H groups in total. The van der Waals surface area contributed by atoms with E-state index in [1.165, 1.54) is 0 Å². The van der Waals surface area contributed by atoms with E-state index in [2.05, 4.69) is 21.2 Å². The first-order chi connectivity index (χ1) is 7.65. The zero-order valence-corrected chi connectivity index (χ0v) is 10.9. The van der Waals surface area contributed by atoms with Gasteiger partial charge in [-0.15, -0.1) is 0 Å². The van der Waals surface area contributed by atoms with E-state index in [-0.39, 0.29) is 12.5 Å². The third-order valence-electron chi connectivity index (χ3n) is 2.24. The number of rotatable bonds is 5. The number of amides is 1. The van der Waals surface area contributed by atoms with Crippen LogP contribution in [0.25, 0.3) is 0 Å². The summed E-state index contributed by atoms with van der Waals surface area (Å²) in [5, 5.41) is 11.4. The zero-order chi connectivity index (χ0) is 12.0. The van der Waals surface area contributed by atoms with Crippen LogP contribution in [0.5, 0.6) is 0 Å². The van der Waals surface area contributed by atoms with Crippen LogP contribution in [0.1, 0.15) is 28.8 Å². The van der Waals surface area contributed by atoms with Gasteiger partial charge in [0.1, 0.15) is 0 Å².